The molecular formula is C31H41N9O. The Balaban J connectivity index is 1.25. The zero-order valence-electron chi connectivity index (χ0n) is 24.0. The maximum absolute atomic E-state index is 12.2. The Morgan fingerprint density at radius 3 is 2.78 bits per heavy atom. The van der Waals surface area contributed by atoms with Gasteiger partial charge in [-0.1, -0.05) is 17.9 Å². The minimum atomic E-state index is -0.522. The number of primary amides is 1. The molecule has 6 aliphatic rings. The van der Waals surface area contributed by atoms with Crippen LogP contribution in [0, 0.1) is 46.8 Å². The number of nitriles is 1. The van der Waals surface area contributed by atoms with E-state index < -0.39 is 11.3 Å². The highest BCUT2D eigenvalue weighted by Crippen LogP contribution is 2.78. The van der Waals surface area contributed by atoms with E-state index in [1.54, 1.807) is 0 Å². The summed E-state index contributed by atoms with van der Waals surface area (Å²) in [5, 5.41) is 29.7. The molecule has 3 saturated carbocycles. The van der Waals surface area contributed by atoms with Gasteiger partial charge in [0.15, 0.2) is 5.82 Å². The Hall–Kier alpha value is -3.29. The van der Waals surface area contributed by atoms with Crippen LogP contribution in [0.15, 0.2) is 30.5 Å². The minimum Gasteiger partial charge on any atom is -0.366 e. The number of carbonyl (C=O) groups excluding carboxylic acids is 1. The summed E-state index contributed by atoms with van der Waals surface area (Å²) in [4.78, 5) is 14.5. The molecule has 4 aliphatic carbocycles. The van der Waals surface area contributed by atoms with Crippen LogP contribution < -0.4 is 16.8 Å². The van der Waals surface area contributed by atoms with Crippen LogP contribution >= 0.6 is 0 Å². The van der Waals surface area contributed by atoms with E-state index in [1.165, 1.54) is 5.56 Å². The van der Waals surface area contributed by atoms with E-state index in [1.807, 2.05) is 12.1 Å². The van der Waals surface area contributed by atoms with Crippen LogP contribution in [0.2, 0.25) is 0 Å². The van der Waals surface area contributed by atoms with Gasteiger partial charge in [-0.15, -0.1) is 10.2 Å². The average molecular weight is 556 g/mol. The second-order valence-corrected chi connectivity index (χ2v) is 13.9. The fourth-order valence-electron chi connectivity index (χ4n) is 9.36. The smallest absolute Gasteiger partial charge is 0.248 e. The maximum atomic E-state index is 12.2. The zero-order chi connectivity index (χ0) is 28.7. The van der Waals surface area contributed by atoms with Crippen molar-refractivity contribution >= 4 is 5.91 Å². The molecule has 6 N–H and O–H groups in total. The van der Waals surface area contributed by atoms with Gasteiger partial charge in [-0.05, 0) is 112 Å². The second-order valence-electron chi connectivity index (χ2n) is 13.9. The van der Waals surface area contributed by atoms with Crippen LogP contribution in [0.25, 0.3) is 0 Å². The van der Waals surface area contributed by atoms with Crippen LogP contribution in [-0.2, 0) is 11.8 Å². The van der Waals surface area contributed by atoms with E-state index in [4.69, 9.17) is 11.5 Å². The molecule has 0 radical (unpaired) electrons. The number of fused-ring (bicyclic) bond motifs is 3. The van der Waals surface area contributed by atoms with E-state index in [2.05, 4.69) is 63.4 Å². The van der Waals surface area contributed by atoms with Crippen molar-refractivity contribution in [3.05, 3.63) is 53.0 Å². The van der Waals surface area contributed by atoms with Crippen LogP contribution in [0.3, 0.4) is 0 Å². The molecule has 5 fully saturated rings. The van der Waals surface area contributed by atoms with Crippen LogP contribution in [0.4, 0.5) is 0 Å². The van der Waals surface area contributed by atoms with Gasteiger partial charge in [-0.25, -0.2) is 0 Å². The molecule has 2 saturated heterocycles. The van der Waals surface area contributed by atoms with Gasteiger partial charge in [0.1, 0.15) is 6.04 Å². The maximum Gasteiger partial charge on any atom is 0.248 e. The number of nitrogens with two attached hydrogens (primary N) is 2. The third kappa shape index (κ3) is 4.03. The van der Waals surface area contributed by atoms with Crippen molar-refractivity contribution < 1.29 is 4.79 Å². The van der Waals surface area contributed by atoms with Gasteiger partial charge >= 0.3 is 0 Å². The third-order valence-electron chi connectivity index (χ3n) is 11.3. The molecule has 0 spiro atoms. The van der Waals surface area contributed by atoms with Gasteiger partial charge in [-0.2, -0.15) is 10.5 Å². The summed E-state index contributed by atoms with van der Waals surface area (Å²) in [7, 11) is 0. The number of aryl methyl sites for hydroxylation is 1. The topological polar surface area (TPSA) is 163 Å². The summed E-state index contributed by atoms with van der Waals surface area (Å²) >= 11 is 0. The Bertz CT molecular complexity index is 1400. The monoisotopic (exact) mass is 555 g/mol. The first kappa shape index (κ1) is 26.6. The number of amides is 1. The number of hydrogen-bond donors (Lipinski definition) is 4. The molecule has 8 rings (SSSR count). The molecular weight excluding hydrogens is 514 g/mol. The lowest BCUT2D eigenvalue weighted by Gasteiger charge is -2.49. The molecule has 9 atom stereocenters. The predicted molar refractivity (Wildman–Crippen MR) is 153 cm³/mol. The summed E-state index contributed by atoms with van der Waals surface area (Å²) in [5.41, 5.74) is 14.9. The number of aromatic amines is 1. The summed E-state index contributed by atoms with van der Waals surface area (Å²) in [6, 6.07) is 8.97. The molecule has 216 valence electrons. The fourth-order valence-corrected chi connectivity index (χ4v) is 9.36. The molecule has 2 aromatic rings. The van der Waals surface area contributed by atoms with E-state index in [0.29, 0.717) is 54.2 Å². The molecule has 2 bridgehead atoms. The SMILES string of the molecule is C=C(CNC(C)(C)CC1(c2nn[nH]n2)c2ccc(C(N)=O)cc2CCC2CC(CN)CCC21)N1C(C#N)C2C3C1[C@H]23. The Morgan fingerprint density at radius 1 is 1.29 bits per heavy atom. The van der Waals surface area contributed by atoms with E-state index in [0.717, 1.165) is 61.6 Å². The van der Waals surface area contributed by atoms with E-state index in [-0.39, 0.29) is 11.6 Å². The molecule has 1 amide bonds. The third-order valence-corrected chi connectivity index (χ3v) is 11.3. The first-order valence-electron chi connectivity index (χ1n) is 15.2. The number of benzene rings is 1. The first-order chi connectivity index (χ1) is 19.7. The van der Waals surface area contributed by atoms with Gasteiger partial charge in [0, 0.05) is 35.3 Å². The number of hydrogen-bond acceptors (Lipinski definition) is 8. The molecule has 3 heterocycles. The Kier molecular flexibility index (Phi) is 6.07. The van der Waals surface area contributed by atoms with Gasteiger partial charge < -0.3 is 21.7 Å². The summed E-state index contributed by atoms with van der Waals surface area (Å²) < 4.78 is 0. The number of H-pyrrole nitrogens is 1. The quantitative estimate of drug-likeness (QED) is 0.366. The highest BCUT2D eigenvalue weighted by molar-refractivity contribution is 5.93. The second kappa shape index (κ2) is 9.36. The van der Waals surface area contributed by atoms with Crippen molar-refractivity contribution in [2.45, 2.75) is 75.4 Å². The van der Waals surface area contributed by atoms with E-state index >= 15 is 0 Å². The molecule has 1 aromatic heterocycles. The first-order valence-corrected chi connectivity index (χ1v) is 15.2. The molecule has 10 nitrogen and oxygen atoms in total. The molecule has 8 unspecified atom stereocenters. The number of carbonyl (C=O) groups is 1. The number of aromatic nitrogens is 4. The molecule has 41 heavy (non-hydrogen) atoms. The number of piperidine rings is 1. The van der Waals surface area contributed by atoms with Crippen LogP contribution in [-0.4, -0.2) is 62.1 Å². The fraction of sp³-hybridized carbons (Fsp3) is 0.645. The lowest BCUT2D eigenvalue weighted by Crippen LogP contribution is -2.53. The average Bonchev–Trinajstić information content (AvgIpc) is 3.65. The molecule has 10 heteroatoms. The Labute approximate surface area is 241 Å². The van der Waals surface area contributed by atoms with Gasteiger partial charge in [0.25, 0.3) is 0 Å². The highest BCUT2D eigenvalue weighted by atomic mass is 16.1. The predicted octanol–water partition coefficient (Wildman–Crippen LogP) is 2.25. The van der Waals surface area contributed by atoms with Gasteiger partial charge in [0.2, 0.25) is 5.91 Å². The van der Waals surface area contributed by atoms with Gasteiger partial charge in [-0.3, -0.25) is 4.79 Å². The van der Waals surface area contributed by atoms with Crippen molar-refractivity contribution in [1.29, 1.82) is 5.26 Å². The standard InChI is InChI=1S/C31H41N9O/c1-16(40-23(13-33)24-25-26(24)27(25)40)14-35-30(2,3)15-31(29-36-38-39-37-29)21-8-4-17(12-32)10-18(21)5-6-19-11-20(28(34)41)7-9-22(19)31/h7,9,11,17-18,21,23-27,35H,1,4-6,8,10,12,14-15,32H2,2-3H3,(H2,34,41)(H,36,37,38,39)/t17?,18?,21?,23?,24?,25-,26?,27?,31?/m1/s1. The van der Waals surface area contributed by atoms with Crippen molar-refractivity contribution in [2.24, 2.45) is 47.0 Å². The molecule has 1 aromatic carbocycles. The number of nitrogens with zero attached hydrogens (tertiary/aromatic N) is 5. The van der Waals surface area contributed by atoms with Crippen molar-refractivity contribution in [2.75, 3.05) is 13.1 Å². The van der Waals surface area contributed by atoms with Crippen molar-refractivity contribution in [1.82, 2.24) is 30.8 Å². The largest absolute Gasteiger partial charge is 0.366 e. The van der Waals surface area contributed by atoms with Crippen LogP contribution in [0.5, 0.6) is 0 Å². The zero-order valence-corrected chi connectivity index (χ0v) is 24.0. The van der Waals surface area contributed by atoms with E-state index in [9.17, 15) is 10.1 Å². The van der Waals surface area contributed by atoms with Crippen molar-refractivity contribution in [3.8, 4) is 6.07 Å². The lowest BCUT2D eigenvalue weighted by molar-refractivity contribution is 0.0909. The summed E-state index contributed by atoms with van der Waals surface area (Å²) in [6.45, 7) is 10.2. The minimum absolute atomic E-state index is 0.0234. The normalized spacial score (nSPS) is 36.4. The molecule has 2 aliphatic heterocycles. The van der Waals surface area contributed by atoms with Crippen molar-refractivity contribution in [3.63, 3.8) is 0 Å². The number of tetrazole rings is 1. The summed E-state index contributed by atoms with van der Waals surface area (Å²) in [5.74, 6) is 3.55. The van der Waals surface area contributed by atoms with Crippen LogP contribution in [0.1, 0.15) is 73.3 Å². The lowest BCUT2D eigenvalue weighted by atomic mass is 9.56. The number of rotatable bonds is 9. The Morgan fingerprint density at radius 2 is 2.10 bits per heavy atom. The summed E-state index contributed by atoms with van der Waals surface area (Å²) in [6.07, 6.45) is 5.82. The highest BCUT2D eigenvalue weighted by Gasteiger charge is 2.84. The van der Waals surface area contributed by atoms with Gasteiger partial charge in [0.05, 0.1) is 11.5 Å². The number of nitrogens with one attached hydrogen (secondary N) is 2.